The van der Waals surface area contributed by atoms with Gasteiger partial charge in [-0.05, 0) is 65.1 Å². The summed E-state index contributed by atoms with van der Waals surface area (Å²) in [7, 11) is 0. The van der Waals surface area contributed by atoms with E-state index < -0.39 is 6.03 Å². The molecule has 8 heteroatoms. The number of halogens is 2. The van der Waals surface area contributed by atoms with Crippen molar-refractivity contribution in [2.75, 3.05) is 14.9 Å². The Morgan fingerprint density at radius 1 is 1.09 bits per heavy atom. The SMILES string of the molecule is CC(=O)Nc1ccc(N(S)C(=O)Nc2ccc(I)c(Cl)c2)cc1. The van der Waals surface area contributed by atoms with Crippen LogP contribution in [0.4, 0.5) is 21.9 Å². The highest BCUT2D eigenvalue weighted by Crippen LogP contribution is 2.24. The van der Waals surface area contributed by atoms with E-state index in [1.165, 1.54) is 11.2 Å². The number of thiol groups is 1. The minimum absolute atomic E-state index is 0.159. The summed E-state index contributed by atoms with van der Waals surface area (Å²) in [5, 5.41) is 5.92. The van der Waals surface area contributed by atoms with Crippen LogP contribution in [0.2, 0.25) is 5.02 Å². The molecule has 0 radical (unpaired) electrons. The summed E-state index contributed by atoms with van der Waals surface area (Å²) in [6, 6.07) is 11.6. The molecule has 0 saturated carbocycles. The molecule has 0 spiro atoms. The molecule has 0 aliphatic carbocycles. The van der Waals surface area contributed by atoms with Gasteiger partial charge in [0.2, 0.25) is 5.91 Å². The van der Waals surface area contributed by atoms with Gasteiger partial charge in [-0.3, -0.25) is 4.79 Å². The third kappa shape index (κ3) is 5.02. The summed E-state index contributed by atoms with van der Waals surface area (Å²) in [6.45, 7) is 1.43. The van der Waals surface area contributed by atoms with E-state index in [2.05, 4.69) is 46.0 Å². The maximum absolute atomic E-state index is 12.2. The van der Waals surface area contributed by atoms with Crippen LogP contribution in [-0.2, 0) is 4.79 Å². The lowest BCUT2D eigenvalue weighted by atomic mass is 10.3. The van der Waals surface area contributed by atoms with Gasteiger partial charge < -0.3 is 10.6 Å². The third-order valence-corrected chi connectivity index (χ3v) is 4.78. The van der Waals surface area contributed by atoms with E-state index in [1.54, 1.807) is 36.4 Å². The molecule has 3 amide bonds. The number of benzene rings is 2. The number of nitrogens with zero attached hydrogens (tertiary/aromatic N) is 1. The van der Waals surface area contributed by atoms with Gasteiger partial charge in [-0.2, -0.15) is 0 Å². The molecule has 0 aromatic heterocycles. The second kappa shape index (κ2) is 7.89. The summed E-state index contributed by atoms with van der Waals surface area (Å²) in [4.78, 5) is 23.2. The second-order valence-electron chi connectivity index (χ2n) is 4.60. The lowest BCUT2D eigenvalue weighted by Gasteiger charge is -2.17. The number of anilines is 3. The van der Waals surface area contributed by atoms with Crippen LogP contribution in [0.25, 0.3) is 0 Å². The maximum Gasteiger partial charge on any atom is 0.336 e. The third-order valence-electron chi connectivity index (χ3n) is 2.80. The zero-order valence-corrected chi connectivity index (χ0v) is 15.8. The molecule has 5 nitrogen and oxygen atoms in total. The van der Waals surface area contributed by atoms with Gasteiger partial charge in [0.15, 0.2) is 0 Å². The maximum atomic E-state index is 12.2. The van der Waals surface area contributed by atoms with Crippen LogP contribution in [0.1, 0.15) is 6.92 Å². The molecule has 120 valence electrons. The Labute approximate surface area is 158 Å². The van der Waals surface area contributed by atoms with Crippen LogP contribution >= 0.6 is 47.0 Å². The normalized spacial score (nSPS) is 10.1. The average molecular weight is 462 g/mol. The molecule has 2 N–H and O–H groups in total. The highest BCUT2D eigenvalue weighted by Gasteiger charge is 2.13. The minimum atomic E-state index is -0.419. The Bertz CT molecular complexity index is 740. The molecule has 0 aliphatic rings. The lowest BCUT2D eigenvalue weighted by Crippen LogP contribution is -2.26. The quantitative estimate of drug-likeness (QED) is 0.455. The van der Waals surface area contributed by atoms with Crippen molar-refractivity contribution in [2.24, 2.45) is 0 Å². The van der Waals surface area contributed by atoms with Crippen LogP contribution in [0.5, 0.6) is 0 Å². The van der Waals surface area contributed by atoms with Gasteiger partial charge in [-0.15, -0.1) is 0 Å². The van der Waals surface area contributed by atoms with Crippen molar-refractivity contribution < 1.29 is 9.59 Å². The molecule has 23 heavy (non-hydrogen) atoms. The van der Waals surface area contributed by atoms with E-state index in [0.717, 1.165) is 3.57 Å². The van der Waals surface area contributed by atoms with Gasteiger partial charge in [-0.25, -0.2) is 9.10 Å². The Morgan fingerprint density at radius 2 is 1.70 bits per heavy atom. The first-order valence-electron chi connectivity index (χ1n) is 6.49. The summed E-state index contributed by atoms with van der Waals surface area (Å²) < 4.78 is 2.07. The molecule has 0 heterocycles. The molecule has 2 aromatic carbocycles. The number of urea groups is 1. The first-order valence-corrected chi connectivity index (χ1v) is 8.35. The topological polar surface area (TPSA) is 61.4 Å². The van der Waals surface area contributed by atoms with Crippen LogP contribution in [0, 0.1) is 3.57 Å². The van der Waals surface area contributed by atoms with Gasteiger partial charge >= 0.3 is 6.03 Å². The van der Waals surface area contributed by atoms with Crippen molar-refractivity contribution in [3.05, 3.63) is 51.1 Å². The number of amides is 3. The molecule has 0 saturated heterocycles. The molecule has 0 bridgehead atoms. The second-order valence-corrected chi connectivity index (χ2v) is 6.57. The van der Waals surface area contributed by atoms with E-state index in [4.69, 9.17) is 11.6 Å². The van der Waals surface area contributed by atoms with E-state index in [0.29, 0.717) is 22.1 Å². The highest BCUT2D eigenvalue weighted by molar-refractivity contribution is 14.1. The zero-order valence-electron chi connectivity index (χ0n) is 12.0. The van der Waals surface area contributed by atoms with Crippen molar-refractivity contribution in [1.82, 2.24) is 0 Å². The van der Waals surface area contributed by atoms with Crippen LogP contribution in [0.15, 0.2) is 42.5 Å². The monoisotopic (exact) mass is 461 g/mol. The number of hydrogen-bond donors (Lipinski definition) is 3. The Hall–Kier alpha value is -1.45. The predicted molar refractivity (Wildman–Crippen MR) is 105 cm³/mol. The lowest BCUT2D eigenvalue weighted by molar-refractivity contribution is -0.114. The Morgan fingerprint density at radius 3 is 2.26 bits per heavy atom. The van der Waals surface area contributed by atoms with Crippen LogP contribution in [-0.4, -0.2) is 11.9 Å². The van der Waals surface area contributed by atoms with Crippen LogP contribution in [0.3, 0.4) is 0 Å². The molecule has 2 aromatic rings. The van der Waals surface area contributed by atoms with Crippen molar-refractivity contribution in [3.63, 3.8) is 0 Å². The summed E-state index contributed by atoms with van der Waals surface area (Å²) >= 11 is 12.3. The summed E-state index contributed by atoms with van der Waals surface area (Å²) in [5.74, 6) is -0.159. The zero-order chi connectivity index (χ0) is 17.0. The van der Waals surface area contributed by atoms with E-state index in [1.807, 2.05) is 6.07 Å². The van der Waals surface area contributed by atoms with Gasteiger partial charge in [0.1, 0.15) is 0 Å². The number of carbonyl (C=O) groups is 2. The molecule has 0 fully saturated rings. The van der Waals surface area contributed by atoms with Crippen molar-refractivity contribution in [2.45, 2.75) is 6.92 Å². The van der Waals surface area contributed by atoms with Crippen molar-refractivity contribution in [1.29, 1.82) is 0 Å². The molecule has 2 rings (SSSR count). The molecular weight excluding hydrogens is 449 g/mol. The fourth-order valence-corrected chi connectivity index (χ4v) is 2.46. The summed E-state index contributed by atoms with van der Waals surface area (Å²) in [6.07, 6.45) is 0. The number of nitrogens with one attached hydrogen (secondary N) is 2. The van der Waals surface area contributed by atoms with Crippen molar-refractivity contribution >= 4 is 76.0 Å². The standard InChI is InChI=1S/C15H13ClIN3O2S/c1-9(21)18-10-2-5-12(6-3-10)20(23)15(22)19-11-4-7-14(17)13(16)8-11/h2-8,23H,1H3,(H,18,21)(H,19,22). The first kappa shape index (κ1) is 17.9. The predicted octanol–water partition coefficient (Wildman–Crippen LogP) is 4.79. The number of rotatable bonds is 3. The van der Waals surface area contributed by atoms with E-state index >= 15 is 0 Å². The first-order chi connectivity index (χ1) is 10.9. The Balaban J connectivity index is 2.06. The fraction of sp³-hybridized carbons (Fsp3) is 0.0667. The highest BCUT2D eigenvalue weighted by atomic mass is 127. The van der Waals surface area contributed by atoms with Crippen LogP contribution < -0.4 is 14.9 Å². The Kier molecular flexibility index (Phi) is 6.14. The van der Waals surface area contributed by atoms with Gasteiger partial charge in [0.05, 0.1) is 10.7 Å². The van der Waals surface area contributed by atoms with E-state index in [9.17, 15) is 9.59 Å². The van der Waals surface area contributed by atoms with Gasteiger partial charge in [0.25, 0.3) is 0 Å². The summed E-state index contributed by atoms with van der Waals surface area (Å²) in [5.41, 5.74) is 1.79. The molecule has 0 unspecified atom stereocenters. The van der Waals surface area contributed by atoms with Gasteiger partial charge in [0, 0.05) is 21.9 Å². The van der Waals surface area contributed by atoms with Crippen molar-refractivity contribution in [3.8, 4) is 0 Å². The number of carbonyl (C=O) groups excluding carboxylic acids is 2. The molecule has 0 atom stereocenters. The smallest absolute Gasteiger partial charge is 0.326 e. The molecular formula is C15H13ClIN3O2S. The minimum Gasteiger partial charge on any atom is -0.326 e. The average Bonchev–Trinajstić information content (AvgIpc) is 2.50. The largest absolute Gasteiger partial charge is 0.336 e. The van der Waals surface area contributed by atoms with E-state index in [-0.39, 0.29) is 5.91 Å². The molecule has 0 aliphatic heterocycles. The van der Waals surface area contributed by atoms with Gasteiger partial charge in [-0.1, -0.05) is 24.4 Å². The fourth-order valence-electron chi connectivity index (χ4n) is 1.76. The number of hydrogen-bond acceptors (Lipinski definition) is 3.